The van der Waals surface area contributed by atoms with Crippen LogP contribution in [0.25, 0.3) is 0 Å². The molecule has 0 saturated carbocycles. The van der Waals surface area contributed by atoms with Crippen LogP contribution in [0, 0.1) is 0 Å². The second-order valence-electron chi connectivity index (χ2n) is 4.02. The highest BCUT2D eigenvalue weighted by atomic mass is 79.9. The highest BCUT2D eigenvalue weighted by molar-refractivity contribution is 9.10. The van der Waals surface area contributed by atoms with Gasteiger partial charge in [0.05, 0.1) is 5.56 Å². The van der Waals surface area contributed by atoms with Gasteiger partial charge in [0.25, 0.3) is 5.91 Å². The van der Waals surface area contributed by atoms with Crippen molar-refractivity contribution in [3.05, 3.63) is 28.2 Å². The van der Waals surface area contributed by atoms with Gasteiger partial charge in [0.15, 0.2) is 0 Å². The summed E-state index contributed by atoms with van der Waals surface area (Å²) in [4.78, 5) is 12.7. The van der Waals surface area contributed by atoms with Crippen LogP contribution in [0.1, 0.15) is 30.6 Å². The number of thiol groups is 1. The van der Waals surface area contributed by atoms with E-state index in [9.17, 15) is 4.79 Å². The number of hydrogen-bond acceptors (Lipinski definition) is 3. The molecule has 0 saturated heterocycles. The molecule has 0 fully saturated rings. The van der Waals surface area contributed by atoms with E-state index in [1.165, 1.54) is 0 Å². The van der Waals surface area contributed by atoms with Crippen LogP contribution >= 0.6 is 40.3 Å². The Morgan fingerprint density at radius 1 is 1.56 bits per heavy atom. The Hall–Kier alpha value is -0.130. The fraction of sp³-hybridized carbons (Fsp3) is 0.462. The van der Waals surface area contributed by atoms with Crippen molar-refractivity contribution >= 4 is 46.2 Å². The van der Waals surface area contributed by atoms with Crippen LogP contribution in [0.5, 0.6) is 0 Å². The number of carbonyl (C=O) groups is 1. The molecule has 5 heteroatoms. The van der Waals surface area contributed by atoms with Crippen molar-refractivity contribution in [2.24, 2.45) is 0 Å². The van der Waals surface area contributed by atoms with E-state index in [-0.39, 0.29) is 11.9 Å². The summed E-state index contributed by atoms with van der Waals surface area (Å²) < 4.78 is 0.927. The molecule has 1 unspecified atom stereocenters. The summed E-state index contributed by atoms with van der Waals surface area (Å²) in [6.45, 7) is 4.17. The first-order valence-electron chi connectivity index (χ1n) is 5.91. The minimum Gasteiger partial charge on any atom is -0.350 e. The number of benzene rings is 1. The van der Waals surface area contributed by atoms with Crippen LogP contribution in [-0.2, 0) is 0 Å². The number of halogens is 1. The van der Waals surface area contributed by atoms with Crippen molar-refractivity contribution in [2.75, 3.05) is 11.5 Å². The van der Waals surface area contributed by atoms with E-state index in [4.69, 9.17) is 0 Å². The van der Waals surface area contributed by atoms with Crippen molar-refractivity contribution in [1.29, 1.82) is 0 Å². The molecular formula is C13H18BrNOS2. The standard InChI is InChI=1S/C13H18BrNOS2/c1-3-18-7-6-9(2)15-13(16)11-5-4-10(14)8-12(11)17/h4-5,8-9,17H,3,6-7H2,1-2H3,(H,15,16). The molecule has 0 radical (unpaired) electrons. The van der Waals surface area contributed by atoms with E-state index in [1.54, 1.807) is 6.07 Å². The number of hydrogen-bond donors (Lipinski definition) is 2. The lowest BCUT2D eigenvalue weighted by atomic mass is 10.2. The average molecular weight is 348 g/mol. The summed E-state index contributed by atoms with van der Waals surface area (Å²) >= 11 is 9.57. The Bertz CT molecular complexity index is 412. The van der Waals surface area contributed by atoms with Gasteiger partial charge < -0.3 is 5.32 Å². The third-order valence-electron chi connectivity index (χ3n) is 2.48. The Morgan fingerprint density at radius 2 is 2.28 bits per heavy atom. The second-order valence-corrected chi connectivity index (χ2v) is 6.81. The molecule has 0 aliphatic rings. The van der Waals surface area contributed by atoms with Crippen LogP contribution in [0.3, 0.4) is 0 Å². The molecule has 1 aromatic rings. The maximum Gasteiger partial charge on any atom is 0.252 e. The normalized spacial score (nSPS) is 12.2. The highest BCUT2D eigenvalue weighted by Crippen LogP contribution is 2.20. The van der Waals surface area contributed by atoms with E-state index in [2.05, 4.69) is 40.8 Å². The van der Waals surface area contributed by atoms with Crippen LogP contribution in [0.15, 0.2) is 27.6 Å². The van der Waals surface area contributed by atoms with Crippen LogP contribution in [-0.4, -0.2) is 23.5 Å². The first-order valence-corrected chi connectivity index (χ1v) is 8.31. The zero-order valence-electron chi connectivity index (χ0n) is 10.6. The molecule has 1 atom stereocenters. The monoisotopic (exact) mass is 347 g/mol. The predicted molar refractivity (Wildman–Crippen MR) is 85.9 cm³/mol. The van der Waals surface area contributed by atoms with Gasteiger partial charge >= 0.3 is 0 Å². The number of nitrogens with one attached hydrogen (secondary N) is 1. The smallest absolute Gasteiger partial charge is 0.252 e. The minimum atomic E-state index is -0.0542. The van der Waals surface area contributed by atoms with Crippen molar-refractivity contribution in [3.63, 3.8) is 0 Å². The van der Waals surface area contributed by atoms with Gasteiger partial charge in [-0.15, -0.1) is 12.6 Å². The molecule has 1 N–H and O–H groups in total. The number of thioether (sulfide) groups is 1. The molecule has 0 aromatic heterocycles. The van der Waals surface area contributed by atoms with Gasteiger partial charge in [0, 0.05) is 15.4 Å². The summed E-state index contributed by atoms with van der Waals surface area (Å²) in [7, 11) is 0. The maximum absolute atomic E-state index is 12.0. The molecule has 1 rings (SSSR count). The summed E-state index contributed by atoms with van der Waals surface area (Å²) in [5, 5.41) is 3.00. The van der Waals surface area contributed by atoms with E-state index in [0.717, 1.165) is 22.4 Å². The number of amides is 1. The second kappa shape index (κ2) is 8.12. The third-order valence-corrected chi connectivity index (χ3v) is 4.28. The summed E-state index contributed by atoms with van der Waals surface area (Å²) in [6, 6.07) is 5.66. The first kappa shape index (κ1) is 15.9. The topological polar surface area (TPSA) is 29.1 Å². The maximum atomic E-state index is 12.0. The van der Waals surface area contributed by atoms with Crippen molar-refractivity contribution in [3.8, 4) is 0 Å². The van der Waals surface area contributed by atoms with Gasteiger partial charge in [-0.1, -0.05) is 22.9 Å². The zero-order chi connectivity index (χ0) is 13.5. The van der Waals surface area contributed by atoms with Crippen molar-refractivity contribution in [1.82, 2.24) is 5.32 Å². The van der Waals surface area contributed by atoms with E-state index >= 15 is 0 Å². The number of rotatable bonds is 6. The molecule has 18 heavy (non-hydrogen) atoms. The summed E-state index contributed by atoms with van der Waals surface area (Å²) in [5.74, 6) is 2.14. The fourth-order valence-electron chi connectivity index (χ4n) is 1.47. The largest absolute Gasteiger partial charge is 0.350 e. The lowest BCUT2D eigenvalue weighted by molar-refractivity contribution is 0.0936. The van der Waals surface area contributed by atoms with E-state index in [1.807, 2.05) is 30.8 Å². The Labute approximate surface area is 127 Å². The Morgan fingerprint density at radius 3 is 2.89 bits per heavy atom. The predicted octanol–water partition coefficient (Wildman–Crippen LogP) is 4.00. The molecule has 2 nitrogen and oxygen atoms in total. The molecule has 1 aromatic carbocycles. The third kappa shape index (κ3) is 5.24. The first-order chi connectivity index (χ1) is 8.54. The molecule has 0 aliphatic heterocycles. The minimum absolute atomic E-state index is 0.0542. The van der Waals surface area contributed by atoms with Crippen LogP contribution in [0.2, 0.25) is 0 Å². The lowest BCUT2D eigenvalue weighted by Crippen LogP contribution is -2.33. The van der Waals surface area contributed by atoms with Gasteiger partial charge in [0.1, 0.15) is 0 Å². The van der Waals surface area contributed by atoms with E-state index in [0.29, 0.717) is 10.5 Å². The molecular weight excluding hydrogens is 330 g/mol. The van der Waals surface area contributed by atoms with Crippen LogP contribution < -0.4 is 5.32 Å². The molecule has 1 amide bonds. The summed E-state index contributed by atoms with van der Waals surface area (Å²) in [5.41, 5.74) is 0.622. The van der Waals surface area contributed by atoms with Crippen molar-refractivity contribution in [2.45, 2.75) is 31.2 Å². The Kier molecular flexibility index (Phi) is 7.19. The highest BCUT2D eigenvalue weighted by Gasteiger charge is 2.12. The fourth-order valence-corrected chi connectivity index (χ4v) is 3.14. The van der Waals surface area contributed by atoms with Gasteiger partial charge in [-0.25, -0.2) is 0 Å². The van der Waals surface area contributed by atoms with Gasteiger partial charge in [-0.3, -0.25) is 4.79 Å². The van der Waals surface area contributed by atoms with Gasteiger partial charge in [0.2, 0.25) is 0 Å². The average Bonchev–Trinajstić information content (AvgIpc) is 2.28. The molecule has 0 heterocycles. The molecule has 0 spiro atoms. The van der Waals surface area contributed by atoms with Gasteiger partial charge in [-0.2, -0.15) is 11.8 Å². The molecule has 100 valence electrons. The molecule has 0 aliphatic carbocycles. The quantitative estimate of drug-likeness (QED) is 0.601. The lowest BCUT2D eigenvalue weighted by Gasteiger charge is -2.14. The summed E-state index contributed by atoms with van der Waals surface area (Å²) in [6.07, 6.45) is 0.989. The molecule has 0 bridgehead atoms. The van der Waals surface area contributed by atoms with Gasteiger partial charge in [-0.05, 0) is 43.0 Å². The zero-order valence-corrected chi connectivity index (χ0v) is 13.9. The van der Waals surface area contributed by atoms with Crippen molar-refractivity contribution < 1.29 is 4.79 Å². The van der Waals surface area contributed by atoms with Crippen LogP contribution in [0.4, 0.5) is 0 Å². The Balaban J connectivity index is 2.54. The van der Waals surface area contributed by atoms with E-state index < -0.39 is 0 Å². The number of carbonyl (C=O) groups excluding carboxylic acids is 1. The SMILES string of the molecule is CCSCCC(C)NC(=O)c1ccc(Br)cc1S.